The van der Waals surface area contributed by atoms with Gasteiger partial charge in [0.05, 0.1) is 11.3 Å². The first-order valence-corrected chi connectivity index (χ1v) is 10.1. The van der Waals surface area contributed by atoms with Crippen LogP contribution in [-0.4, -0.2) is 34.1 Å². The molecular formula is C20H20ClN3O2S. The number of carboxylic acid groups (broad SMARTS) is 1. The highest BCUT2D eigenvalue weighted by Crippen LogP contribution is 2.43. The van der Waals surface area contributed by atoms with Crippen molar-refractivity contribution in [3.8, 4) is 11.1 Å². The Morgan fingerprint density at radius 1 is 1.19 bits per heavy atom. The van der Waals surface area contributed by atoms with E-state index in [1.54, 1.807) is 11.3 Å². The van der Waals surface area contributed by atoms with Crippen LogP contribution in [-0.2, 0) is 4.79 Å². The Bertz CT molecular complexity index is 1010. The van der Waals surface area contributed by atoms with Crippen LogP contribution in [0.25, 0.3) is 21.3 Å². The van der Waals surface area contributed by atoms with E-state index in [9.17, 15) is 9.90 Å². The second-order valence-electron chi connectivity index (χ2n) is 7.00. The monoisotopic (exact) mass is 401 g/mol. The first-order valence-electron chi connectivity index (χ1n) is 8.95. The minimum atomic E-state index is -0.716. The van der Waals surface area contributed by atoms with Crippen LogP contribution in [0.4, 0.5) is 5.82 Å². The molecule has 0 amide bonds. The summed E-state index contributed by atoms with van der Waals surface area (Å²) in [7, 11) is 0. The lowest BCUT2D eigenvalue weighted by Gasteiger charge is -2.31. The molecule has 4 rings (SSSR count). The smallest absolute Gasteiger partial charge is 0.306 e. The molecule has 0 saturated carbocycles. The number of carboxylic acids is 1. The zero-order valence-corrected chi connectivity index (χ0v) is 16.8. The third-order valence-corrected chi connectivity index (χ3v) is 6.33. The van der Waals surface area contributed by atoms with Crippen LogP contribution < -0.4 is 4.90 Å². The largest absolute Gasteiger partial charge is 0.481 e. The summed E-state index contributed by atoms with van der Waals surface area (Å²) >= 11 is 7.83. The van der Waals surface area contributed by atoms with Crippen LogP contribution >= 0.6 is 22.9 Å². The zero-order valence-electron chi connectivity index (χ0n) is 15.2. The van der Waals surface area contributed by atoms with Crippen LogP contribution in [0.3, 0.4) is 0 Å². The average Bonchev–Trinajstić information content (AvgIpc) is 2.97. The van der Waals surface area contributed by atoms with Crippen LogP contribution in [0.1, 0.15) is 23.3 Å². The lowest BCUT2D eigenvalue weighted by atomic mass is 9.96. The fourth-order valence-corrected chi connectivity index (χ4v) is 4.96. The lowest BCUT2D eigenvalue weighted by Crippen LogP contribution is -2.37. The van der Waals surface area contributed by atoms with Gasteiger partial charge in [-0.2, -0.15) is 4.98 Å². The number of aliphatic carboxylic acids is 1. The SMILES string of the molecule is Cc1ccc(-c2c(C)sc3nc(Cl)nc(N4CCC(C(=O)O)CC4)c23)cc1. The van der Waals surface area contributed by atoms with Crippen LogP contribution in [0.15, 0.2) is 24.3 Å². The van der Waals surface area contributed by atoms with E-state index in [2.05, 4.69) is 53.0 Å². The van der Waals surface area contributed by atoms with E-state index in [0.29, 0.717) is 25.9 Å². The highest BCUT2D eigenvalue weighted by atomic mass is 35.5. The van der Waals surface area contributed by atoms with Crippen LogP contribution in [0.5, 0.6) is 0 Å². The van der Waals surface area contributed by atoms with Gasteiger partial charge in [0.15, 0.2) is 0 Å². The molecule has 140 valence electrons. The summed E-state index contributed by atoms with van der Waals surface area (Å²) in [5.41, 5.74) is 3.49. The Balaban J connectivity index is 1.83. The number of fused-ring (bicyclic) bond motifs is 1. The Labute approximate surface area is 166 Å². The van der Waals surface area contributed by atoms with Crippen molar-refractivity contribution in [2.75, 3.05) is 18.0 Å². The molecule has 3 heterocycles. The maximum Gasteiger partial charge on any atom is 0.306 e. The highest BCUT2D eigenvalue weighted by molar-refractivity contribution is 7.19. The van der Waals surface area contributed by atoms with E-state index in [-0.39, 0.29) is 11.2 Å². The first kappa shape index (κ1) is 18.2. The van der Waals surface area contributed by atoms with Gasteiger partial charge in [-0.1, -0.05) is 29.8 Å². The zero-order chi connectivity index (χ0) is 19.1. The van der Waals surface area contributed by atoms with E-state index in [4.69, 9.17) is 11.6 Å². The topological polar surface area (TPSA) is 66.3 Å². The predicted molar refractivity (Wildman–Crippen MR) is 110 cm³/mol. The third kappa shape index (κ3) is 3.39. The Hall–Kier alpha value is -2.18. The van der Waals surface area contributed by atoms with Crippen LogP contribution in [0.2, 0.25) is 5.28 Å². The molecule has 1 fully saturated rings. The number of benzene rings is 1. The molecule has 7 heteroatoms. The van der Waals surface area contributed by atoms with Crippen molar-refractivity contribution in [1.82, 2.24) is 9.97 Å². The summed E-state index contributed by atoms with van der Waals surface area (Å²) in [4.78, 5) is 24.5. The summed E-state index contributed by atoms with van der Waals surface area (Å²) in [5, 5.41) is 10.5. The molecule has 0 atom stereocenters. The van der Waals surface area contributed by atoms with E-state index in [1.807, 2.05) is 0 Å². The number of carbonyl (C=O) groups is 1. The molecule has 1 aliphatic rings. The molecule has 2 aromatic heterocycles. The molecule has 1 N–H and O–H groups in total. The fraction of sp³-hybridized carbons (Fsp3) is 0.350. The average molecular weight is 402 g/mol. The van der Waals surface area contributed by atoms with Gasteiger partial charge in [0.25, 0.3) is 0 Å². The maximum atomic E-state index is 11.3. The number of aryl methyl sites for hydroxylation is 2. The highest BCUT2D eigenvalue weighted by Gasteiger charge is 2.28. The molecule has 1 aliphatic heterocycles. The standard InChI is InChI=1S/C20H20ClN3O2S/c1-11-3-5-13(6-4-11)15-12(2)27-18-16(15)17(22-20(21)23-18)24-9-7-14(8-10-24)19(25)26/h3-6,14H,7-10H2,1-2H3,(H,25,26). The molecule has 1 aromatic carbocycles. The summed E-state index contributed by atoms with van der Waals surface area (Å²) in [6.07, 6.45) is 1.23. The quantitative estimate of drug-likeness (QED) is 0.630. The molecule has 27 heavy (non-hydrogen) atoms. The maximum absolute atomic E-state index is 11.3. The van der Waals surface area contributed by atoms with Gasteiger partial charge in [-0.3, -0.25) is 4.79 Å². The molecule has 0 unspecified atom stereocenters. The number of thiophene rings is 1. The van der Waals surface area contributed by atoms with Gasteiger partial charge in [-0.15, -0.1) is 11.3 Å². The van der Waals surface area contributed by atoms with Crippen molar-refractivity contribution in [3.05, 3.63) is 40.0 Å². The molecule has 0 aliphatic carbocycles. The van der Waals surface area contributed by atoms with E-state index >= 15 is 0 Å². The number of anilines is 1. The summed E-state index contributed by atoms with van der Waals surface area (Å²) in [6.45, 7) is 5.47. The van der Waals surface area contributed by atoms with Gasteiger partial charge >= 0.3 is 5.97 Å². The van der Waals surface area contributed by atoms with Gasteiger partial charge in [0.2, 0.25) is 5.28 Å². The summed E-state index contributed by atoms with van der Waals surface area (Å²) in [5.74, 6) is -0.184. The number of nitrogens with zero attached hydrogens (tertiary/aromatic N) is 3. The van der Waals surface area contributed by atoms with Crippen LogP contribution in [0, 0.1) is 19.8 Å². The Kier molecular flexibility index (Phi) is 4.78. The third-order valence-electron chi connectivity index (χ3n) is 5.17. The number of hydrogen-bond acceptors (Lipinski definition) is 5. The summed E-state index contributed by atoms with van der Waals surface area (Å²) in [6, 6.07) is 8.46. The van der Waals surface area contributed by atoms with E-state index in [1.165, 1.54) is 10.4 Å². The van der Waals surface area contributed by atoms with E-state index < -0.39 is 5.97 Å². The number of rotatable bonds is 3. The molecule has 5 nitrogen and oxygen atoms in total. The molecular weight excluding hydrogens is 382 g/mol. The van der Waals surface area contributed by atoms with Gasteiger partial charge in [0, 0.05) is 23.5 Å². The number of halogens is 1. The van der Waals surface area contributed by atoms with Crippen molar-refractivity contribution in [2.24, 2.45) is 5.92 Å². The summed E-state index contributed by atoms with van der Waals surface area (Å²) < 4.78 is 0. The van der Waals surface area contributed by atoms with Crippen molar-refractivity contribution in [1.29, 1.82) is 0 Å². The van der Waals surface area contributed by atoms with Crippen molar-refractivity contribution in [3.63, 3.8) is 0 Å². The number of piperidine rings is 1. The van der Waals surface area contributed by atoms with Crippen molar-refractivity contribution in [2.45, 2.75) is 26.7 Å². The first-order chi connectivity index (χ1) is 12.9. The van der Waals surface area contributed by atoms with Gasteiger partial charge in [0.1, 0.15) is 10.6 Å². The Morgan fingerprint density at radius 3 is 2.48 bits per heavy atom. The predicted octanol–water partition coefficient (Wildman–Crippen LogP) is 4.93. The minimum Gasteiger partial charge on any atom is -0.481 e. The number of hydrogen-bond donors (Lipinski definition) is 1. The normalized spacial score (nSPS) is 15.4. The molecule has 0 spiro atoms. The van der Waals surface area contributed by atoms with E-state index in [0.717, 1.165) is 27.2 Å². The van der Waals surface area contributed by atoms with Crippen molar-refractivity contribution >= 4 is 44.9 Å². The molecule has 1 saturated heterocycles. The Morgan fingerprint density at radius 2 is 1.85 bits per heavy atom. The molecule has 3 aromatic rings. The fourth-order valence-electron chi connectivity index (χ4n) is 3.70. The molecule has 0 bridgehead atoms. The molecule has 0 radical (unpaired) electrons. The van der Waals surface area contributed by atoms with Gasteiger partial charge in [-0.05, 0) is 43.9 Å². The second-order valence-corrected chi connectivity index (χ2v) is 8.54. The van der Waals surface area contributed by atoms with Gasteiger partial charge < -0.3 is 10.0 Å². The number of aromatic nitrogens is 2. The van der Waals surface area contributed by atoms with Gasteiger partial charge in [-0.25, -0.2) is 4.98 Å². The van der Waals surface area contributed by atoms with Crippen molar-refractivity contribution < 1.29 is 9.90 Å². The minimum absolute atomic E-state index is 0.231. The second kappa shape index (κ2) is 7.09. The lowest BCUT2D eigenvalue weighted by molar-refractivity contribution is -0.142.